The van der Waals surface area contributed by atoms with E-state index < -0.39 is 5.97 Å². The Labute approximate surface area is 163 Å². The normalized spacial score (nSPS) is 10.8. The Balaban J connectivity index is 0.000000472. The van der Waals surface area contributed by atoms with E-state index in [9.17, 15) is 5.11 Å². The Hall–Kier alpha value is -4.05. The van der Waals surface area contributed by atoms with Gasteiger partial charge in [-0.25, -0.2) is 15.0 Å². The maximum absolute atomic E-state index is 9.24. The molecule has 0 unspecified atom stereocenters. The molecule has 4 N–H and O–H groups in total. The number of fused-ring (bicyclic) bond motifs is 2. The van der Waals surface area contributed by atoms with Crippen molar-refractivity contribution in [1.82, 2.24) is 34.7 Å². The molecule has 0 bridgehead atoms. The molecule has 0 radical (unpaired) electrons. The molecule has 0 aliphatic carbocycles. The summed E-state index contributed by atoms with van der Waals surface area (Å²) in [5.41, 5.74) is 4.07. The van der Waals surface area contributed by atoms with Crippen molar-refractivity contribution in [2.75, 3.05) is 0 Å². The van der Waals surface area contributed by atoms with Crippen LogP contribution in [-0.4, -0.2) is 50.9 Å². The predicted octanol–water partition coefficient (Wildman–Crippen LogP) is 2.27. The zero-order valence-corrected chi connectivity index (χ0v) is 15.4. The molecule has 0 fully saturated rings. The maximum atomic E-state index is 9.24. The first-order chi connectivity index (χ1) is 14.1. The number of imidazole rings is 2. The van der Waals surface area contributed by atoms with Gasteiger partial charge in [-0.2, -0.15) is 5.10 Å². The minimum Gasteiger partial charge on any atom is -0.481 e. The first kappa shape index (κ1) is 18.3. The van der Waals surface area contributed by atoms with Gasteiger partial charge in [-0.15, -0.1) is 0 Å². The number of hydrogen-bond donors (Lipinski definition) is 4. The molecule has 10 nitrogen and oxygen atoms in total. The number of pyridine rings is 1. The van der Waals surface area contributed by atoms with Crippen molar-refractivity contribution < 1.29 is 15.0 Å². The molecular formula is C19H17N7O3. The number of hydrogen-bond acceptors (Lipinski definition) is 6. The standard InChI is InChI=1S/C17H13N7O.C2H4O2/c25-9-14-20-12-4-3-10(8-13(12)21-14)24-7-6-19-17(24)15-11-2-1-5-18-16(11)23-22-15;1-2(3)4/h1-8,25H,9H2,(H,20,21)(H,18,22,23);1H3,(H,3,4). The quantitative estimate of drug-likeness (QED) is 0.369. The molecule has 146 valence electrons. The third kappa shape index (κ3) is 3.56. The van der Waals surface area contributed by atoms with Crippen molar-refractivity contribution in [3.05, 3.63) is 54.7 Å². The molecule has 0 atom stereocenters. The van der Waals surface area contributed by atoms with Crippen molar-refractivity contribution in [2.24, 2.45) is 0 Å². The van der Waals surface area contributed by atoms with Gasteiger partial charge in [0.1, 0.15) is 18.1 Å². The van der Waals surface area contributed by atoms with Crippen molar-refractivity contribution in [1.29, 1.82) is 0 Å². The van der Waals surface area contributed by atoms with Gasteiger partial charge in [-0.3, -0.25) is 14.5 Å². The van der Waals surface area contributed by atoms with E-state index in [0.29, 0.717) is 11.5 Å². The van der Waals surface area contributed by atoms with Crippen LogP contribution in [0.4, 0.5) is 0 Å². The smallest absolute Gasteiger partial charge is 0.300 e. The lowest BCUT2D eigenvalue weighted by molar-refractivity contribution is -0.134. The van der Waals surface area contributed by atoms with E-state index >= 15 is 0 Å². The molecule has 4 heterocycles. The summed E-state index contributed by atoms with van der Waals surface area (Å²) in [6, 6.07) is 9.69. The van der Waals surface area contributed by atoms with E-state index in [1.165, 1.54) is 0 Å². The van der Waals surface area contributed by atoms with Crippen molar-refractivity contribution in [3.63, 3.8) is 0 Å². The molecule has 0 spiro atoms. The van der Waals surface area contributed by atoms with Crippen molar-refractivity contribution in [2.45, 2.75) is 13.5 Å². The highest BCUT2D eigenvalue weighted by molar-refractivity contribution is 5.89. The number of carboxylic acids is 1. The Morgan fingerprint density at radius 2 is 2.03 bits per heavy atom. The highest BCUT2D eigenvalue weighted by Crippen LogP contribution is 2.27. The van der Waals surface area contributed by atoms with Crippen LogP contribution in [0.2, 0.25) is 0 Å². The average Bonchev–Trinajstić information content (AvgIpc) is 3.43. The summed E-state index contributed by atoms with van der Waals surface area (Å²) in [5.74, 6) is 0.459. The second-order valence-corrected chi connectivity index (χ2v) is 6.16. The molecule has 5 aromatic rings. The molecule has 0 amide bonds. The SMILES string of the molecule is CC(=O)O.OCc1nc2ccc(-n3ccnc3-c3[nH]nc4ncccc34)cc2[nH]1. The second-order valence-electron chi connectivity index (χ2n) is 6.16. The number of benzene rings is 1. The Morgan fingerprint density at radius 1 is 1.21 bits per heavy atom. The van der Waals surface area contributed by atoms with Crippen LogP contribution in [0.15, 0.2) is 48.9 Å². The largest absolute Gasteiger partial charge is 0.481 e. The fraction of sp³-hybridized carbons (Fsp3) is 0.105. The summed E-state index contributed by atoms with van der Waals surface area (Å²) in [4.78, 5) is 25.2. The van der Waals surface area contributed by atoms with E-state index in [0.717, 1.165) is 40.5 Å². The number of aromatic amines is 2. The third-order valence-corrected chi connectivity index (χ3v) is 4.14. The first-order valence-corrected chi connectivity index (χ1v) is 8.69. The lowest BCUT2D eigenvalue weighted by Gasteiger charge is -2.07. The van der Waals surface area contributed by atoms with E-state index in [-0.39, 0.29) is 6.61 Å². The van der Waals surface area contributed by atoms with Gasteiger partial charge in [0.2, 0.25) is 0 Å². The van der Waals surface area contributed by atoms with Gasteiger partial charge >= 0.3 is 0 Å². The molecule has 0 saturated carbocycles. The van der Waals surface area contributed by atoms with Crippen LogP contribution in [0.25, 0.3) is 39.3 Å². The Morgan fingerprint density at radius 3 is 2.83 bits per heavy atom. The van der Waals surface area contributed by atoms with Crippen molar-refractivity contribution in [3.8, 4) is 17.2 Å². The highest BCUT2D eigenvalue weighted by atomic mass is 16.4. The number of H-pyrrole nitrogens is 2. The lowest BCUT2D eigenvalue weighted by atomic mass is 10.2. The fourth-order valence-electron chi connectivity index (χ4n) is 2.99. The van der Waals surface area contributed by atoms with Gasteiger partial charge in [0.05, 0.1) is 11.0 Å². The predicted molar refractivity (Wildman–Crippen MR) is 105 cm³/mol. The summed E-state index contributed by atoms with van der Waals surface area (Å²) < 4.78 is 1.97. The van der Waals surface area contributed by atoms with Gasteiger partial charge in [0.15, 0.2) is 11.5 Å². The number of aliphatic hydroxyl groups is 1. The van der Waals surface area contributed by atoms with Crippen molar-refractivity contribution >= 4 is 28.0 Å². The minimum atomic E-state index is -0.833. The van der Waals surface area contributed by atoms with Crippen LogP contribution in [0.3, 0.4) is 0 Å². The van der Waals surface area contributed by atoms with Crippen LogP contribution < -0.4 is 0 Å². The Bertz CT molecular complexity index is 1300. The van der Waals surface area contributed by atoms with E-state index in [1.54, 1.807) is 12.4 Å². The molecule has 0 saturated heterocycles. The zero-order valence-electron chi connectivity index (χ0n) is 15.4. The molecule has 0 aliphatic rings. The molecule has 5 rings (SSSR count). The van der Waals surface area contributed by atoms with E-state index in [4.69, 9.17) is 9.90 Å². The number of nitrogens with zero attached hydrogens (tertiary/aromatic N) is 5. The summed E-state index contributed by atoms with van der Waals surface area (Å²) in [5, 5.41) is 24.8. The highest BCUT2D eigenvalue weighted by Gasteiger charge is 2.15. The number of rotatable bonds is 3. The number of aliphatic carboxylic acids is 1. The summed E-state index contributed by atoms with van der Waals surface area (Å²) in [6.45, 7) is 0.966. The number of carbonyl (C=O) groups is 1. The maximum Gasteiger partial charge on any atom is 0.300 e. The van der Waals surface area contributed by atoms with Crippen LogP contribution in [-0.2, 0) is 11.4 Å². The lowest BCUT2D eigenvalue weighted by Crippen LogP contribution is -1.97. The van der Waals surface area contributed by atoms with Gasteiger partial charge < -0.3 is 15.2 Å². The molecular weight excluding hydrogens is 374 g/mol. The number of aliphatic hydroxyl groups excluding tert-OH is 1. The number of carboxylic acid groups (broad SMARTS) is 1. The molecule has 1 aromatic carbocycles. The summed E-state index contributed by atoms with van der Waals surface area (Å²) in [6.07, 6.45) is 5.35. The second kappa shape index (κ2) is 7.52. The molecule has 29 heavy (non-hydrogen) atoms. The minimum absolute atomic E-state index is 0.118. The molecule has 0 aliphatic heterocycles. The van der Waals surface area contributed by atoms with Gasteiger partial charge in [0.25, 0.3) is 5.97 Å². The average molecular weight is 391 g/mol. The van der Waals surface area contributed by atoms with Gasteiger partial charge in [-0.1, -0.05) is 0 Å². The monoisotopic (exact) mass is 391 g/mol. The van der Waals surface area contributed by atoms with Crippen LogP contribution in [0.5, 0.6) is 0 Å². The fourth-order valence-corrected chi connectivity index (χ4v) is 2.99. The summed E-state index contributed by atoms with van der Waals surface area (Å²) >= 11 is 0. The zero-order chi connectivity index (χ0) is 20.4. The molecule has 10 heteroatoms. The number of aromatic nitrogens is 7. The first-order valence-electron chi connectivity index (χ1n) is 8.69. The van der Waals surface area contributed by atoms with Crippen LogP contribution >= 0.6 is 0 Å². The van der Waals surface area contributed by atoms with Gasteiger partial charge in [0, 0.05) is 36.6 Å². The topological polar surface area (TPSA) is 146 Å². The Kier molecular flexibility index (Phi) is 4.75. The number of nitrogens with one attached hydrogen (secondary N) is 2. The van der Waals surface area contributed by atoms with E-state index in [2.05, 4.69) is 30.1 Å². The van der Waals surface area contributed by atoms with Gasteiger partial charge in [-0.05, 0) is 30.3 Å². The summed E-state index contributed by atoms with van der Waals surface area (Å²) in [7, 11) is 0. The third-order valence-electron chi connectivity index (χ3n) is 4.14. The van der Waals surface area contributed by atoms with E-state index in [1.807, 2.05) is 41.1 Å². The molecule has 4 aromatic heterocycles. The van der Waals surface area contributed by atoms with Crippen LogP contribution in [0.1, 0.15) is 12.7 Å². The van der Waals surface area contributed by atoms with Crippen LogP contribution in [0, 0.1) is 0 Å².